The van der Waals surface area contributed by atoms with Gasteiger partial charge in [-0.3, -0.25) is 0 Å². The first-order valence-electron chi connectivity index (χ1n) is 3.36. The Labute approximate surface area is 122 Å². The van der Waals surface area contributed by atoms with Gasteiger partial charge in [-0.2, -0.15) is 0 Å². The summed E-state index contributed by atoms with van der Waals surface area (Å²) in [4.78, 5) is 0. The van der Waals surface area contributed by atoms with E-state index in [0.29, 0.717) is 4.22 Å². The van der Waals surface area contributed by atoms with E-state index < -0.39 is 0 Å². The van der Waals surface area contributed by atoms with E-state index in [0.717, 1.165) is 0 Å². The number of halogens is 3. The van der Waals surface area contributed by atoms with Crippen molar-refractivity contribution in [3.63, 3.8) is 0 Å². The second-order valence-electron chi connectivity index (χ2n) is 2.47. The first-order chi connectivity index (χ1) is 4.88. The van der Waals surface area contributed by atoms with E-state index in [4.69, 9.17) is 0 Å². The molecule has 0 radical (unpaired) electrons. The molecule has 2 rings (SSSR count). The van der Waals surface area contributed by atoms with Gasteiger partial charge in [-0.1, -0.05) is 0 Å². The molecule has 0 spiro atoms. The average molecular weight is 406 g/mol. The molecule has 1 atom stereocenters. The zero-order valence-electron chi connectivity index (χ0n) is 6.77. The van der Waals surface area contributed by atoms with Crippen LogP contribution in [0.1, 0.15) is 15.3 Å². The summed E-state index contributed by atoms with van der Waals surface area (Å²) in [5.74, 6) is 0. The summed E-state index contributed by atoms with van der Waals surface area (Å²) in [5.41, 5.74) is 2.84. The third-order valence-electron chi connectivity index (χ3n) is 1.80. The Balaban J connectivity index is 0. The first kappa shape index (κ1) is 16.5. The Hall–Kier alpha value is 1.11. The van der Waals surface area contributed by atoms with Crippen LogP contribution in [-0.2, 0) is 20.4 Å². The fourth-order valence-electron chi connectivity index (χ4n) is 1.25. The predicted octanol–water partition coefficient (Wildman–Crippen LogP) is 4.04. The van der Waals surface area contributed by atoms with Crippen molar-refractivity contribution in [1.82, 2.24) is 0 Å². The third-order valence-corrected chi connectivity index (χ3v) is 2.59. The molecular weight excluding hydrogens is 396 g/mol. The predicted molar refractivity (Wildman–Crippen MR) is 69.2 cm³/mol. The van der Waals surface area contributed by atoms with Gasteiger partial charge in [0, 0.05) is 0 Å². The van der Waals surface area contributed by atoms with Crippen molar-refractivity contribution in [1.29, 1.82) is 0 Å². The van der Waals surface area contributed by atoms with Gasteiger partial charge in [0.15, 0.2) is 0 Å². The monoisotopic (exact) mass is 403 g/mol. The van der Waals surface area contributed by atoms with Gasteiger partial charge in [0.2, 0.25) is 0 Å². The Morgan fingerprint density at radius 3 is 2.23 bits per heavy atom. The Morgan fingerprint density at radius 2 is 1.62 bits per heavy atom. The van der Waals surface area contributed by atoms with Crippen molar-refractivity contribution in [2.45, 2.75) is 4.22 Å². The van der Waals surface area contributed by atoms with E-state index in [9.17, 15) is 0 Å². The second kappa shape index (κ2) is 7.41. The molecule has 1 aliphatic rings. The number of allylic oxidation sites excluding steroid dienone is 1. The normalized spacial score (nSPS) is 16.1. The molecule has 1 aliphatic carbocycles. The van der Waals surface area contributed by atoms with E-state index in [1.807, 2.05) is 0 Å². The van der Waals surface area contributed by atoms with Crippen molar-refractivity contribution >= 4 is 57.0 Å². The number of rotatable bonds is 0. The fraction of sp³-hybridized carbons (Fsp3) is 0.111. The summed E-state index contributed by atoms with van der Waals surface area (Å²) in [6.45, 7) is 0. The molecule has 0 amide bonds. The summed E-state index contributed by atoms with van der Waals surface area (Å²) < 4.78 is 0.621. The van der Waals surface area contributed by atoms with Crippen LogP contribution in [0.2, 0.25) is 0 Å². The Bertz CT molecular complexity index is 286. The van der Waals surface area contributed by atoms with Crippen LogP contribution >= 0.6 is 50.9 Å². The van der Waals surface area contributed by atoms with Gasteiger partial charge in [-0.15, -0.1) is 50.9 Å². The number of hydrogen-bond acceptors (Lipinski definition) is 0. The number of fused-ring (bicyclic) bond motifs is 1. The zero-order valence-corrected chi connectivity index (χ0v) is 13.5. The molecular formula is C9H10Br3Ti. The summed E-state index contributed by atoms with van der Waals surface area (Å²) in [6, 6.07) is 8.54. The van der Waals surface area contributed by atoms with Gasteiger partial charge in [-0.05, 0) is 0 Å². The minimum atomic E-state index is 0. The molecule has 0 saturated carbocycles. The van der Waals surface area contributed by atoms with Crippen LogP contribution in [0.15, 0.2) is 30.3 Å². The standard InChI is InChI=1S/C9H7.3BrH.Ti/c1-2-5-9-7-3-6-8(9)4-1;;;;/h1-7H;3*1H;. The van der Waals surface area contributed by atoms with E-state index in [-0.39, 0.29) is 50.9 Å². The molecule has 71 valence electrons. The number of hydrogen-bond donors (Lipinski definition) is 0. The second-order valence-corrected chi connectivity index (χ2v) is 3.44. The van der Waals surface area contributed by atoms with Gasteiger partial charge in [-0.25, -0.2) is 0 Å². The molecule has 0 saturated heterocycles. The topological polar surface area (TPSA) is 0 Å². The van der Waals surface area contributed by atoms with Crippen molar-refractivity contribution in [3.05, 3.63) is 41.5 Å². The van der Waals surface area contributed by atoms with Gasteiger partial charge in [0.05, 0.1) is 0 Å². The minimum absolute atomic E-state index is 0. The van der Waals surface area contributed by atoms with Gasteiger partial charge in [0.1, 0.15) is 0 Å². The average Bonchev–Trinajstić information content (AvgIpc) is 2.34. The van der Waals surface area contributed by atoms with Crippen LogP contribution in [0.5, 0.6) is 0 Å². The molecule has 0 bridgehead atoms. The number of benzene rings is 1. The molecule has 1 unspecified atom stereocenters. The Morgan fingerprint density at radius 1 is 1.00 bits per heavy atom. The molecule has 1 aromatic carbocycles. The first-order valence-corrected chi connectivity index (χ1v) is 4.26. The van der Waals surface area contributed by atoms with E-state index in [1.165, 1.54) is 11.1 Å². The van der Waals surface area contributed by atoms with Gasteiger partial charge >= 0.3 is 72.2 Å². The molecule has 1 aromatic rings. The van der Waals surface area contributed by atoms with Crippen LogP contribution in [0.4, 0.5) is 0 Å². The molecule has 4 heteroatoms. The van der Waals surface area contributed by atoms with Crippen LogP contribution < -0.4 is 0 Å². The molecule has 13 heavy (non-hydrogen) atoms. The van der Waals surface area contributed by atoms with Crippen LogP contribution in [0, 0.1) is 0 Å². The van der Waals surface area contributed by atoms with E-state index in [1.54, 1.807) is 0 Å². The van der Waals surface area contributed by atoms with Crippen LogP contribution in [0.3, 0.4) is 0 Å². The molecule has 0 nitrogen and oxygen atoms in total. The quantitative estimate of drug-likeness (QED) is 0.572. The molecule has 0 aliphatic heterocycles. The van der Waals surface area contributed by atoms with Crippen molar-refractivity contribution < 1.29 is 20.4 Å². The van der Waals surface area contributed by atoms with E-state index in [2.05, 4.69) is 56.9 Å². The van der Waals surface area contributed by atoms with Crippen LogP contribution in [0.25, 0.3) is 6.08 Å². The maximum atomic E-state index is 2.24. The fourth-order valence-corrected chi connectivity index (χ4v) is 1.81. The third kappa shape index (κ3) is 3.63. The maximum absolute atomic E-state index is 2.24. The molecule has 0 N–H and O–H groups in total. The molecule has 0 heterocycles. The summed E-state index contributed by atoms with van der Waals surface area (Å²) in [6.07, 6.45) is 4.44. The van der Waals surface area contributed by atoms with Gasteiger partial charge in [0.25, 0.3) is 0 Å². The summed E-state index contributed by atoms with van der Waals surface area (Å²) >= 11 is 2.22. The molecule has 0 aromatic heterocycles. The van der Waals surface area contributed by atoms with Crippen molar-refractivity contribution in [2.75, 3.05) is 0 Å². The van der Waals surface area contributed by atoms with Crippen LogP contribution in [-0.4, -0.2) is 0 Å². The Kier molecular flexibility index (Phi) is 9.43. The summed E-state index contributed by atoms with van der Waals surface area (Å²) in [5, 5.41) is 0. The SMILES string of the molecule is Br.Br.Br.[Ti][CH]1C=Cc2ccccc21. The van der Waals surface area contributed by atoms with Crippen molar-refractivity contribution in [2.24, 2.45) is 0 Å². The summed E-state index contributed by atoms with van der Waals surface area (Å²) in [7, 11) is 0. The van der Waals surface area contributed by atoms with Gasteiger partial charge < -0.3 is 0 Å². The van der Waals surface area contributed by atoms with Crippen molar-refractivity contribution in [3.8, 4) is 0 Å². The van der Waals surface area contributed by atoms with E-state index >= 15 is 0 Å². The molecule has 0 fully saturated rings. The zero-order chi connectivity index (χ0) is 6.97.